The third kappa shape index (κ3) is 2.72. The van der Waals surface area contributed by atoms with Gasteiger partial charge in [0.25, 0.3) is 0 Å². The zero-order chi connectivity index (χ0) is 13.3. The first kappa shape index (κ1) is 13.9. The van der Waals surface area contributed by atoms with Crippen molar-refractivity contribution in [3.8, 4) is 0 Å². The van der Waals surface area contributed by atoms with E-state index >= 15 is 0 Å². The molecule has 1 fully saturated rings. The Labute approximate surface area is 121 Å². The molecule has 1 aromatic rings. The van der Waals surface area contributed by atoms with Crippen LogP contribution >= 0.6 is 27.5 Å². The van der Waals surface area contributed by atoms with E-state index < -0.39 is 0 Å². The van der Waals surface area contributed by atoms with Gasteiger partial charge in [0.2, 0.25) is 5.91 Å². The highest BCUT2D eigenvalue weighted by atomic mass is 79.9. The Hall–Kier alpha value is -0.540. The van der Waals surface area contributed by atoms with Crippen molar-refractivity contribution in [3.63, 3.8) is 0 Å². The van der Waals surface area contributed by atoms with Crippen LogP contribution in [0.4, 0.5) is 5.69 Å². The van der Waals surface area contributed by atoms with Gasteiger partial charge in [-0.15, -0.1) is 0 Å². The minimum Gasteiger partial charge on any atom is -0.325 e. The molecule has 0 saturated heterocycles. The Morgan fingerprint density at radius 2 is 2.00 bits per heavy atom. The molecule has 1 aliphatic carbocycles. The monoisotopic (exact) mass is 329 g/mol. The summed E-state index contributed by atoms with van der Waals surface area (Å²) in [5.74, 6) is 0.0978. The first-order valence-electron chi connectivity index (χ1n) is 6.19. The molecular weight excluding hydrogens is 314 g/mol. The van der Waals surface area contributed by atoms with Crippen molar-refractivity contribution in [2.75, 3.05) is 5.32 Å². The van der Waals surface area contributed by atoms with E-state index in [4.69, 9.17) is 11.6 Å². The summed E-state index contributed by atoms with van der Waals surface area (Å²) in [7, 11) is 0. The van der Waals surface area contributed by atoms with E-state index in [-0.39, 0.29) is 11.3 Å². The second-order valence-electron chi connectivity index (χ2n) is 5.30. The molecule has 0 bridgehead atoms. The van der Waals surface area contributed by atoms with Crippen molar-refractivity contribution >= 4 is 39.1 Å². The van der Waals surface area contributed by atoms with Gasteiger partial charge in [-0.25, -0.2) is 0 Å². The lowest BCUT2D eigenvalue weighted by atomic mass is 9.88. The Kier molecular flexibility index (Phi) is 4.02. The average Bonchev–Trinajstić information content (AvgIpc) is 2.74. The summed E-state index contributed by atoms with van der Waals surface area (Å²) >= 11 is 9.55. The number of nitrogens with one attached hydrogen (secondary N) is 1. The molecule has 2 rings (SSSR count). The SMILES string of the molecule is Cc1cc(Br)c(NC(=O)C2(C)CCCC2)cc1Cl. The number of rotatable bonds is 2. The lowest BCUT2D eigenvalue weighted by molar-refractivity contribution is -0.124. The second kappa shape index (κ2) is 5.22. The maximum atomic E-state index is 12.3. The van der Waals surface area contributed by atoms with Crippen LogP contribution in [0.15, 0.2) is 16.6 Å². The topological polar surface area (TPSA) is 29.1 Å². The molecule has 0 spiro atoms. The zero-order valence-electron chi connectivity index (χ0n) is 10.6. The fourth-order valence-corrected chi connectivity index (χ4v) is 3.12. The van der Waals surface area contributed by atoms with Gasteiger partial charge in [-0.05, 0) is 53.4 Å². The molecule has 1 aromatic carbocycles. The van der Waals surface area contributed by atoms with Crippen LogP contribution < -0.4 is 5.32 Å². The summed E-state index contributed by atoms with van der Waals surface area (Å²) in [6.07, 6.45) is 4.21. The van der Waals surface area contributed by atoms with Crippen molar-refractivity contribution < 1.29 is 4.79 Å². The molecule has 0 heterocycles. The Morgan fingerprint density at radius 3 is 2.61 bits per heavy atom. The lowest BCUT2D eigenvalue weighted by Crippen LogP contribution is -2.30. The van der Waals surface area contributed by atoms with Gasteiger partial charge in [0.05, 0.1) is 5.69 Å². The summed E-state index contributed by atoms with van der Waals surface area (Å²) < 4.78 is 0.874. The van der Waals surface area contributed by atoms with E-state index in [2.05, 4.69) is 21.2 Å². The van der Waals surface area contributed by atoms with Gasteiger partial charge in [-0.1, -0.05) is 31.4 Å². The predicted molar refractivity (Wildman–Crippen MR) is 79.1 cm³/mol. The predicted octanol–water partition coefficient (Wildman–Crippen LogP) is 4.93. The number of hydrogen-bond acceptors (Lipinski definition) is 1. The van der Waals surface area contributed by atoms with Crippen LogP contribution in [0.5, 0.6) is 0 Å². The number of amides is 1. The molecular formula is C14H17BrClNO. The second-order valence-corrected chi connectivity index (χ2v) is 6.56. The summed E-state index contributed by atoms with van der Waals surface area (Å²) in [5.41, 5.74) is 1.52. The molecule has 1 N–H and O–H groups in total. The Morgan fingerprint density at radius 1 is 1.39 bits per heavy atom. The van der Waals surface area contributed by atoms with E-state index in [1.54, 1.807) is 6.07 Å². The zero-order valence-corrected chi connectivity index (χ0v) is 13.0. The molecule has 0 radical (unpaired) electrons. The standard InChI is InChI=1S/C14H17BrClNO/c1-9-7-10(15)12(8-11(9)16)17-13(18)14(2)5-3-4-6-14/h7-8H,3-6H2,1-2H3,(H,17,18). The van der Waals surface area contributed by atoms with Gasteiger partial charge < -0.3 is 5.32 Å². The molecule has 0 aliphatic heterocycles. The molecule has 18 heavy (non-hydrogen) atoms. The van der Waals surface area contributed by atoms with E-state index in [1.807, 2.05) is 19.9 Å². The number of anilines is 1. The van der Waals surface area contributed by atoms with E-state index in [9.17, 15) is 4.79 Å². The quantitative estimate of drug-likeness (QED) is 0.818. The average molecular weight is 331 g/mol. The first-order valence-corrected chi connectivity index (χ1v) is 7.36. The Balaban J connectivity index is 2.19. The van der Waals surface area contributed by atoms with Crippen LogP contribution in [0.3, 0.4) is 0 Å². The molecule has 4 heteroatoms. The van der Waals surface area contributed by atoms with Crippen LogP contribution in [0.2, 0.25) is 5.02 Å². The summed E-state index contributed by atoms with van der Waals surface area (Å²) in [5, 5.41) is 3.66. The van der Waals surface area contributed by atoms with Crippen LogP contribution in [-0.4, -0.2) is 5.91 Å². The van der Waals surface area contributed by atoms with Crippen molar-refractivity contribution in [3.05, 3.63) is 27.2 Å². The fourth-order valence-electron chi connectivity index (χ4n) is 2.40. The molecule has 1 saturated carbocycles. The Bertz CT molecular complexity index is 481. The third-order valence-electron chi connectivity index (χ3n) is 3.75. The normalized spacial score (nSPS) is 17.8. The minimum absolute atomic E-state index is 0.0978. The first-order chi connectivity index (χ1) is 8.42. The van der Waals surface area contributed by atoms with Crippen molar-refractivity contribution in [1.82, 2.24) is 0 Å². The van der Waals surface area contributed by atoms with Crippen molar-refractivity contribution in [1.29, 1.82) is 0 Å². The maximum Gasteiger partial charge on any atom is 0.230 e. The molecule has 98 valence electrons. The largest absolute Gasteiger partial charge is 0.325 e. The van der Waals surface area contributed by atoms with E-state index in [1.165, 1.54) is 0 Å². The summed E-state index contributed by atoms with van der Waals surface area (Å²) in [4.78, 5) is 12.3. The molecule has 1 aliphatic rings. The highest BCUT2D eigenvalue weighted by Crippen LogP contribution is 2.39. The van der Waals surface area contributed by atoms with Gasteiger partial charge in [0, 0.05) is 14.9 Å². The molecule has 0 unspecified atom stereocenters. The van der Waals surface area contributed by atoms with E-state index in [0.29, 0.717) is 5.02 Å². The van der Waals surface area contributed by atoms with Crippen LogP contribution in [0.1, 0.15) is 38.2 Å². The summed E-state index contributed by atoms with van der Waals surface area (Å²) in [6, 6.07) is 3.73. The summed E-state index contributed by atoms with van der Waals surface area (Å²) in [6.45, 7) is 3.98. The highest BCUT2D eigenvalue weighted by molar-refractivity contribution is 9.10. The smallest absolute Gasteiger partial charge is 0.230 e. The number of benzene rings is 1. The highest BCUT2D eigenvalue weighted by Gasteiger charge is 2.36. The molecule has 1 amide bonds. The van der Waals surface area contributed by atoms with Crippen molar-refractivity contribution in [2.45, 2.75) is 39.5 Å². The number of halogens is 2. The molecule has 0 aromatic heterocycles. The van der Waals surface area contributed by atoms with Crippen LogP contribution in [-0.2, 0) is 4.79 Å². The lowest BCUT2D eigenvalue weighted by Gasteiger charge is -2.22. The number of hydrogen-bond donors (Lipinski definition) is 1. The van der Waals surface area contributed by atoms with Gasteiger partial charge in [-0.3, -0.25) is 4.79 Å². The fraction of sp³-hybridized carbons (Fsp3) is 0.500. The number of aryl methyl sites for hydroxylation is 1. The van der Waals surface area contributed by atoms with Crippen LogP contribution in [0, 0.1) is 12.3 Å². The number of carbonyl (C=O) groups is 1. The van der Waals surface area contributed by atoms with Gasteiger partial charge in [0.15, 0.2) is 0 Å². The van der Waals surface area contributed by atoms with E-state index in [0.717, 1.165) is 41.4 Å². The molecule has 2 nitrogen and oxygen atoms in total. The van der Waals surface area contributed by atoms with Gasteiger partial charge in [-0.2, -0.15) is 0 Å². The third-order valence-corrected chi connectivity index (χ3v) is 4.82. The van der Waals surface area contributed by atoms with Crippen molar-refractivity contribution in [2.24, 2.45) is 5.41 Å². The maximum absolute atomic E-state index is 12.3. The molecule has 0 atom stereocenters. The van der Waals surface area contributed by atoms with Crippen LogP contribution in [0.25, 0.3) is 0 Å². The number of carbonyl (C=O) groups excluding carboxylic acids is 1. The van der Waals surface area contributed by atoms with Gasteiger partial charge in [0.1, 0.15) is 0 Å². The minimum atomic E-state index is -0.225. The van der Waals surface area contributed by atoms with Gasteiger partial charge >= 0.3 is 0 Å².